The molecule has 1 aromatic rings. The van der Waals surface area contributed by atoms with E-state index in [1.54, 1.807) is 18.2 Å². The zero-order valence-corrected chi connectivity index (χ0v) is 10.9. The Kier molecular flexibility index (Phi) is 3.41. The fraction of sp³-hybridized carbons (Fsp3) is 0.500. The van der Waals surface area contributed by atoms with Crippen LogP contribution in [0.3, 0.4) is 0 Å². The molecule has 2 atom stereocenters. The summed E-state index contributed by atoms with van der Waals surface area (Å²) in [5, 5.41) is 12.3. The van der Waals surface area contributed by atoms with Crippen molar-refractivity contribution in [1.82, 2.24) is 5.32 Å². The predicted molar refractivity (Wildman–Crippen MR) is 68.5 cm³/mol. The third kappa shape index (κ3) is 2.71. The van der Waals surface area contributed by atoms with Crippen molar-refractivity contribution in [2.75, 3.05) is 6.54 Å². The summed E-state index contributed by atoms with van der Waals surface area (Å²) in [4.78, 5) is 10.9. The van der Waals surface area contributed by atoms with Crippen molar-refractivity contribution in [1.29, 1.82) is 0 Å². The van der Waals surface area contributed by atoms with Crippen LogP contribution in [0.4, 0.5) is 0 Å². The normalized spacial score (nSPS) is 24.2. The van der Waals surface area contributed by atoms with Crippen LogP contribution in [0.2, 0.25) is 0 Å². The second-order valence-electron chi connectivity index (χ2n) is 5.71. The molecule has 18 heavy (non-hydrogen) atoms. The van der Waals surface area contributed by atoms with Crippen LogP contribution in [-0.4, -0.2) is 23.7 Å². The van der Waals surface area contributed by atoms with Crippen molar-refractivity contribution in [2.45, 2.75) is 33.1 Å². The number of ether oxygens (including phenoxy) is 1. The standard InChI is InChI=1S/C14H19NO3/c1-14(2,3)11-8-15-12(18-11)9-5-4-6-10(7-9)13(16)17/h4-7,11-12,15H,8H2,1-3H3,(H,16,17). The summed E-state index contributed by atoms with van der Waals surface area (Å²) in [6.07, 6.45) is -0.0792. The van der Waals surface area contributed by atoms with Crippen molar-refractivity contribution >= 4 is 5.97 Å². The number of carboxylic acids is 1. The molecule has 0 spiro atoms. The number of aromatic carboxylic acids is 1. The van der Waals surface area contributed by atoms with Gasteiger partial charge < -0.3 is 9.84 Å². The number of hydrogen-bond donors (Lipinski definition) is 2. The summed E-state index contributed by atoms with van der Waals surface area (Å²) in [5.74, 6) is -0.915. The Balaban J connectivity index is 2.14. The van der Waals surface area contributed by atoms with Gasteiger partial charge in [0, 0.05) is 6.54 Å². The van der Waals surface area contributed by atoms with Crippen molar-refractivity contribution < 1.29 is 14.6 Å². The first kappa shape index (κ1) is 13.1. The minimum Gasteiger partial charge on any atom is -0.478 e. The molecule has 1 fully saturated rings. The molecule has 98 valence electrons. The molecule has 2 unspecified atom stereocenters. The molecule has 1 heterocycles. The van der Waals surface area contributed by atoms with Crippen LogP contribution in [0.5, 0.6) is 0 Å². The Labute approximate surface area is 107 Å². The third-order valence-corrected chi connectivity index (χ3v) is 3.19. The fourth-order valence-corrected chi connectivity index (χ4v) is 2.02. The highest BCUT2D eigenvalue weighted by molar-refractivity contribution is 5.87. The molecule has 0 amide bonds. The van der Waals surface area contributed by atoms with Gasteiger partial charge in [-0.3, -0.25) is 5.32 Å². The molecule has 0 bridgehead atoms. The highest BCUT2D eigenvalue weighted by Gasteiger charge is 2.34. The first-order chi connectivity index (χ1) is 8.38. The maximum atomic E-state index is 10.9. The van der Waals surface area contributed by atoms with Crippen molar-refractivity contribution in [3.63, 3.8) is 0 Å². The maximum absolute atomic E-state index is 10.9. The number of benzene rings is 1. The van der Waals surface area contributed by atoms with Crippen LogP contribution in [-0.2, 0) is 4.74 Å². The highest BCUT2D eigenvalue weighted by atomic mass is 16.5. The van der Waals surface area contributed by atoms with Gasteiger partial charge in [-0.25, -0.2) is 4.79 Å². The highest BCUT2D eigenvalue weighted by Crippen LogP contribution is 2.31. The zero-order chi connectivity index (χ0) is 13.3. The summed E-state index contributed by atoms with van der Waals surface area (Å²) in [7, 11) is 0. The van der Waals surface area contributed by atoms with Crippen LogP contribution in [0.25, 0.3) is 0 Å². The zero-order valence-electron chi connectivity index (χ0n) is 10.9. The SMILES string of the molecule is CC(C)(C)C1CNC(c2cccc(C(=O)O)c2)O1. The first-order valence-corrected chi connectivity index (χ1v) is 6.10. The molecule has 1 saturated heterocycles. The van der Waals surface area contributed by atoms with Gasteiger partial charge >= 0.3 is 5.97 Å². The number of nitrogens with one attached hydrogen (secondary N) is 1. The minimum absolute atomic E-state index is 0.0756. The number of hydrogen-bond acceptors (Lipinski definition) is 3. The Morgan fingerprint density at radius 1 is 1.44 bits per heavy atom. The lowest BCUT2D eigenvalue weighted by atomic mass is 9.89. The molecular formula is C14H19NO3. The van der Waals surface area contributed by atoms with Gasteiger partial charge in [-0.05, 0) is 23.1 Å². The first-order valence-electron chi connectivity index (χ1n) is 6.10. The van der Waals surface area contributed by atoms with Crippen LogP contribution >= 0.6 is 0 Å². The van der Waals surface area contributed by atoms with Gasteiger partial charge in [0.15, 0.2) is 0 Å². The molecule has 4 heteroatoms. The molecule has 0 aromatic heterocycles. The lowest BCUT2D eigenvalue weighted by Gasteiger charge is -2.25. The van der Waals surface area contributed by atoms with Gasteiger partial charge in [-0.1, -0.05) is 32.9 Å². The van der Waals surface area contributed by atoms with E-state index >= 15 is 0 Å². The quantitative estimate of drug-likeness (QED) is 0.845. The van der Waals surface area contributed by atoms with E-state index in [4.69, 9.17) is 9.84 Å². The molecule has 1 aromatic carbocycles. The minimum atomic E-state index is -0.915. The van der Waals surface area contributed by atoms with Crippen LogP contribution in [0.15, 0.2) is 24.3 Å². The summed E-state index contributed by atoms with van der Waals surface area (Å²) >= 11 is 0. The van der Waals surface area contributed by atoms with E-state index < -0.39 is 5.97 Å². The second kappa shape index (κ2) is 4.71. The molecule has 1 aliphatic rings. The lowest BCUT2D eigenvalue weighted by Crippen LogP contribution is -2.29. The van der Waals surface area contributed by atoms with E-state index in [0.29, 0.717) is 0 Å². The second-order valence-corrected chi connectivity index (χ2v) is 5.71. The van der Waals surface area contributed by atoms with Crippen LogP contribution < -0.4 is 5.32 Å². The van der Waals surface area contributed by atoms with E-state index in [1.165, 1.54) is 0 Å². The number of carbonyl (C=O) groups is 1. The summed E-state index contributed by atoms with van der Waals surface area (Å²) in [5.41, 5.74) is 1.23. The van der Waals surface area contributed by atoms with E-state index in [-0.39, 0.29) is 23.3 Å². The van der Waals surface area contributed by atoms with E-state index in [0.717, 1.165) is 12.1 Å². The smallest absolute Gasteiger partial charge is 0.335 e. The fourth-order valence-electron chi connectivity index (χ4n) is 2.02. The van der Waals surface area contributed by atoms with Crippen LogP contribution in [0.1, 0.15) is 42.9 Å². The van der Waals surface area contributed by atoms with Crippen molar-refractivity contribution in [3.8, 4) is 0 Å². The van der Waals surface area contributed by atoms with Gasteiger partial charge in [-0.2, -0.15) is 0 Å². The average Bonchev–Trinajstić information content (AvgIpc) is 2.78. The third-order valence-electron chi connectivity index (χ3n) is 3.19. The largest absolute Gasteiger partial charge is 0.478 e. The molecule has 0 saturated carbocycles. The van der Waals surface area contributed by atoms with E-state index in [1.807, 2.05) is 6.07 Å². The Morgan fingerprint density at radius 2 is 2.17 bits per heavy atom. The molecule has 4 nitrogen and oxygen atoms in total. The van der Waals surface area contributed by atoms with E-state index in [2.05, 4.69) is 26.1 Å². The molecule has 2 rings (SSSR count). The summed E-state index contributed by atoms with van der Waals surface area (Å²) < 4.78 is 5.94. The maximum Gasteiger partial charge on any atom is 0.335 e. The predicted octanol–water partition coefficient (Wildman–Crippen LogP) is 2.42. The van der Waals surface area contributed by atoms with Crippen molar-refractivity contribution in [3.05, 3.63) is 35.4 Å². The van der Waals surface area contributed by atoms with E-state index in [9.17, 15) is 4.79 Å². The molecule has 1 aliphatic heterocycles. The molecule has 0 radical (unpaired) electrons. The molecule has 2 N–H and O–H groups in total. The Hall–Kier alpha value is -1.39. The lowest BCUT2D eigenvalue weighted by molar-refractivity contribution is -0.0159. The molecular weight excluding hydrogens is 230 g/mol. The van der Waals surface area contributed by atoms with Gasteiger partial charge in [-0.15, -0.1) is 0 Å². The van der Waals surface area contributed by atoms with Gasteiger partial charge in [0.2, 0.25) is 0 Å². The molecule has 0 aliphatic carbocycles. The van der Waals surface area contributed by atoms with Crippen LogP contribution in [0, 0.1) is 5.41 Å². The van der Waals surface area contributed by atoms with Gasteiger partial charge in [0.05, 0.1) is 11.7 Å². The van der Waals surface area contributed by atoms with Gasteiger partial charge in [0.1, 0.15) is 6.23 Å². The topological polar surface area (TPSA) is 58.6 Å². The number of rotatable bonds is 2. The van der Waals surface area contributed by atoms with Gasteiger partial charge in [0.25, 0.3) is 0 Å². The summed E-state index contributed by atoms with van der Waals surface area (Å²) in [6, 6.07) is 6.87. The number of carboxylic acid groups (broad SMARTS) is 1. The monoisotopic (exact) mass is 249 g/mol. The average molecular weight is 249 g/mol. The summed E-state index contributed by atoms with van der Waals surface area (Å²) in [6.45, 7) is 7.19. The Bertz CT molecular complexity index is 451. The Morgan fingerprint density at radius 3 is 2.72 bits per heavy atom. The van der Waals surface area contributed by atoms with Crippen molar-refractivity contribution in [2.24, 2.45) is 5.41 Å².